The first-order valence-corrected chi connectivity index (χ1v) is 10.8. The van der Waals surface area contributed by atoms with Gasteiger partial charge in [0.1, 0.15) is 0 Å². The largest absolute Gasteiger partial charge is 0.460 e. The van der Waals surface area contributed by atoms with Crippen molar-refractivity contribution in [1.82, 2.24) is 9.21 Å². The minimum atomic E-state index is -3.90. The molecule has 29 heavy (non-hydrogen) atoms. The molecule has 9 heteroatoms. The number of furan rings is 1. The molecule has 0 spiro atoms. The summed E-state index contributed by atoms with van der Waals surface area (Å²) in [6.45, 7) is 6.52. The van der Waals surface area contributed by atoms with E-state index in [2.05, 4.69) is 0 Å². The second kappa shape index (κ2) is 8.38. The van der Waals surface area contributed by atoms with Gasteiger partial charge in [-0.2, -0.15) is 4.31 Å². The average molecular weight is 420 g/mol. The second-order valence-electron chi connectivity index (χ2n) is 6.91. The van der Waals surface area contributed by atoms with Crippen molar-refractivity contribution in [2.75, 3.05) is 32.8 Å². The molecular formula is C20H24N2O6S. The van der Waals surface area contributed by atoms with Crippen LogP contribution in [-0.4, -0.2) is 62.3 Å². The van der Waals surface area contributed by atoms with E-state index in [9.17, 15) is 18.0 Å². The number of nitrogens with zero attached hydrogens (tertiary/aromatic N) is 2. The van der Waals surface area contributed by atoms with Crippen molar-refractivity contribution in [3.05, 3.63) is 52.8 Å². The van der Waals surface area contributed by atoms with Crippen molar-refractivity contribution >= 4 is 21.9 Å². The number of esters is 1. The van der Waals surface area contributed by atoms with Crippen LogP contribution >= 0.6 is 0 Å². The Balaban J connectivity index is 1.68. The molecular weight excluding hydrogens is 396 g/mol. The van der Waals surface area contributed by atoms with Gasteiger partial charge in [0.05, 0.1) is 6.61 Å². The maximum atomic E-state index is 12.8. The summed E-state index contributed by atoms with van der Waals surface area (Å²) in [5, 5.41) is -0.311. The van der Waals surface area contributed by atoms with Gasteiger partial charge in [0.15, 0.2) is 0 Å². The van der Waals surface area contributed by atoms with Crippen molar-refractivity contribution in [2.24, 2.45) is 0 Å². The first kappa shape index (κ1) is 21.1. The lowest BCUT2D eigenvalue weighted by Crippen LogP contribution is -2.50. The SMILES string of the molecule is CCOC(=O)c1ccc(S(=O)(=O)N2CCN(C(=O)c3cc(C)cc(C)c3)CC2)o1. The van der Waals surface area contributed by atoms with Gasteiger partial charge in [-0.05, 0) is 45.0 Å². The number of carbonyl (C=O) groups excluding carboxylic acids is 2. The van der Waals surface area contributed by atoms with E-state index in [4.69, 9.17) is 9.15 Å². The molecule has 2 aromatic rings. The van der Waals surface area contributed by atoms with Crippen LogP contribution in [0.3, 0.4) is 0 Å². The fourth-order valence-corrected chi connectivity index (χ4v) is 4.64. The van der Waals surface area contributed by atoms with Crippen molar-refractivity contribution in [2.45, 2.75) is 25.9 Å². The quantitative estimate of drug-likeness (QED) is 0.688. The Hall–Kier alpha value is -2.65. The molecule has 0 saturated carbocycles. The van der Waals surface area contributed by atoms with E-state index < -0.39 is 16.0 Å². The second-order valence-corrected chi connectivity index (χ2v) is 8.78. The van der Waals surface area contributed by atoms with Crippen molar-refractivity contribution in [3.63, 3.8) is 0 Å². The number of ether oxygens (including phenoxy) is 1. The number of hydrogen-bond acceptors (Lipinski definition) is 6. The molecule has 156 valence electrons. The van der Waals surface area contributed by atoms with Crippen LogP contribution in [0.1, 0.15) is 39.0 Å². The van der Waals surface area contributed by atoms with Gasteiger partial charge in [-0.25, -0.2) is 13.2 Å². The van der Waals surface area contributed by atoms with Gasteiger partial charge in [0, 0.05) is 31.7 Å². The van der Waals surface area contributed by atoms with Crippen LogP contribution < -0.4 is 0 Å². The Morgan fingerprint density at radius 1 is 1.03 bits per heavy atom. The smallest absolute Gasteiger partial charge is 0.374 e. The van der Waals surface area contributed by atoms with Gasteiger partial charge in [0.2, 0.25) is 10.9 Å². The minimum Gasteiger partial charge on any atom is -0.460 e. The Morgan fingerprint density at radius 3 is 2.24 bits per heavy atom. The van der Waals surface area contributed by atoms with E-state index in [0.717, 1.165) is 11.1 Å². The zero-order valence-electron chi connectivity index (χ0n) is 16.7. The van der Waals surface area contributed by atoms with Crippen LogP contribution in [0.5, 0.6) is 0 Å². The first-order valence-electron chi connectivity index (χ1n) is 9.37. The number of amides is 1. The third-order valence-electron chi connectivity index (χ3n) is 4.65. The Labute approximate surface area is 170 Å². The summed E-state index contributed by atoms with van der Waals surface area (Å²) in [5.74, 6) is -0.983. The monoisotopic (exact) mass is 420 g/mol. The molecule has 2 heterocycles. The molecule has 3 rings (SSSR count). The van der Waals surface area contributed by atoms with Gasteiger partial charge >= 0.3 is 5.97 Å². The Morgan fingerprint density at radius 2 is 1.66 bits per heavy atom. The van der Waals surface area contributed by atoms with E-state index in [-0.39, 0.29) is 49.5 Å². The number of sulfonamides is 1. The molecule has 0 aliphatic carbocycles. The first-order chi connectivity index (χ1) is 13.7. The Bertz CT molecular complexity index is 999. The summed E-state index contributed by atoms with van der Waals surface area (Å²) < 4.78 is 36.9. The van der Waals surface area contributed by atoms with Gasteiger partial charge in [0.25, 0.3) is 15.9 Å². The summed E-state index contributed by atoms with van der Waals surface area (Å²) in [5.41, 5.74) is 2.61. The highest BCUT2D eigenvalue weighted by Gasteiger charge is 2.33. The van der Waals surface area contributed by atoms with Crippen LogP contribution in [0.4, 0.5) is 0 Å². The highest BCUT2D eigenvalue weighted by molar-refractivity contribution is 7.89. The molecule has 1 aliphatic rings. The molecule has 1 fully saturated rings. The van der Waals surface area contributed by atoms with Crippen LogP contribution in [-0.2, 0) is 14.8 Å². The number of benzene rings is 1. The molecule has 1 aromatic heterocycles. The molecule has 1 amide bonds. The van der Waals surface area contributed by atoms with Crippen LogP contribution in [0, 0.1) is 13.8 Å². The van der Waals surface area contributed by atoms with Crippen LogP contribution in [0.15, 0.2) is 39.8 Å². The van der Waals surface area contributed by atoms with E-state index >= 15 is 0 Å². The predicted octanol–water partition coefficient (Wildman–Crippen LogP) is 2.22. The van der Waals surface area contributed by atoms with E-state index in [1.54, 1.807) is 11.8 Å². The standard InChI is InChI=1S/C20H24N2O6S/c1-4-27-20(24)17-5-6-18(28-17)29(25,26)22-9-7-21(8-10-22)19(23)16-12-14(2)11-15(3)13-16/h5-6,11-13H,4,7-10H2,1-3H3. The molecule has 8 nitrogen and oxygen atoms in total. The van der Waals surface area contributed by atoms with Gasteiger partial charge in [-0.1, -0.05) is 17.2 Å². The molecule has 0 atom stereocenters. The lowest BCUT2D eigenvalue weighted by atomic mass is 10.1. The normalized spacial score (nSPS) is 15.3. The maximum absolute atomic E-state index is 12.8. The molecule has 0 bridgehead atoms. The summed E-state index contributed by atoms with van der Waals surface area (Å²) in [6, 6.07) is 8.19. The lowest BCUT2D eigenvalue weighted by Gasteiger charge is -2.33. The van der Waals surface area contributed by atoms with E-state index in [0.29, 0.717) is 5.56 Å². The minimum absolute atomic E-state index is 0.114. The summed E-state index contributed by atoms with van der Waals surface area (Å²) in [7, 11) is -3.90. The number of hydrogen-bond donors (Lipinski definition) is 0. The topological polar surface area (TPSA) is 97.1 Å². The molecule has 0 unspecified atom stereocenters. The maximum Gasteiger partial charge on any atom is 0.374 e. The molecule has 1 aliphatic heterocycles. The van der Waals surface area contributed by atoms with Gasteiger partial charge < -0.3 is 14.1 Å². The van der Waals surface area contributed by atoms with Crippen LogP contribution in [0.25, 0.3) is 0 Å². The molecule has 1 aromatic carbocycles. The van der Waals surface area contributed by atoms with Crippen molar-refractivity contribution < 1.29 is 27.2 Å². The Kier molecular flexibility index (Phi) is 6.09. The van der Waals surface area contributed by atoms with Crippen molar-refractivity contribution in [3.8, 4) is 0 Å². The number of rotatable bonds is 5. The average Bonchev–Trinajstić information content (AvgIpc) is 3.18. The fourth-order valence-electron chi connectivity index (χ4n) is 3.31. The number of aryl methyl sites for hydroxylation is 2. The van der Waals surface area contributed by atoms with Crippen LogP contribution in [0.2, 0.25) is 0 Å². The van der Waals surface area contributed by atoms with Crippen molar-refractivity contribution in [1.29, 1.82) is 0 Å². The summed E-state index contributed by atoms with van der Waals surface area (Å²) in [4.78, 5) is 26.1. The highest BCUT2D eigenvalue weighted by atomic mass is 32.2. The number of piperazine rings is 1. The van der Waals surface area contributed by atoms with Gasteiger partial charge in [-0.15, -0.1) is 0 Å². The number of carbonyl (C=O) groups is 2. The highest BCUT2D eigenvalue weighted by Crippen LogP contribution is 2.22. The van der Waals surface area contributed by atoms with E-state index in [1.165, 1.54) is 16.4 Å². The molecule has 0 N–H and O–H groups in total. The van der Waals surface area contributed by atoms with Gasteiger partial charge in [-0.3, -0.25) is 4.79 Å². The summed E-state index contributed by atoms with van der Waals surface area (Å²) in [6.07, 6.45) is 0. The molecule has 1 saturated heterocycles. The zero-order chi connectivity index (χ0) is 21.2. The zero-order valence-corrected chi connectivity index (χ0v) is 17.5. The summed E-state index contributed by atoms with van der Waals surface area (Å²) >= 11 is 0. The third-order valence-corrected chi connectivity index (χ3v) is 6.42. The lowest BCUT2D eigenvalue weighted by molar-refractivity contribution is 0.0483. The fraction of sp³-hybridized carbons (Fsp3) is 0.400. The van der Waals surface area contributed by atoms with E-state index in [1.807, 2.05) is 32.0 Å². The third kappa shape index (κ3) is 4.51. The predicted molar refractivity (Wildman–Crippen MR) is 105 cm³/mol. The molecule has 0 radical (unpaired) electrons.